The van der Waals surface area contributed by atoms with Gasteiger partial charge in [0.25, 0.3) is 11.5 Å². The molecule has 3 aromatic heterocycles. The molecule has 9 nitrogen and oxygen atoms in total. The number of ether oxygens (including phenoxy) is 2. The first-order valence-electron chi connectivity index (χ1n) is 12.4. The average Bonchev–Trinajstić information content (AvgIpc) is 2.89. The van der Waals surface area contributed by atoms with E-state index >= 15 is 0 Å². The molecule has 4 aromatic rings. The van der Waals surface area contributed by atoms with E-state index in [4.69, 9.17) is 14.5 Å². The van der Waals surface area contributed by atoms with Crippen LogP contribution in [0.3, 0.4) is 0 Å². The molecule has 0 saturated heterocycles. The molecule has 0 radical (unpaired) electrons. The summed E-state index contributed by atoms with van der Waals surface area (Å²) < 4.78 is 13.9. The van der Waals surface area contributed by atoms with E-state index in [1.165, 1.54) is 10.5 Å². The van der Waals surface area contributed by atoms with E-state index in [-0.39, 0.29) is 28.6 Å². The lowest BCUT2D eigenvalue weighted by Crippen LogP contribution is -2.33. The van der Waals surface area contributed by atoms with Crippen LogP contribution in [0.4, 0.5) is 0 Å². The van der Waals surface area contributed by atoms with Gasteiger partial charge in [-0.05, 0) is 69.2 Å². The molecule has 37 heavy (non-hydrogen) atoms. The second-order valence-electron chi connectivity index (χ2n) is 8.52. The van der Waals surface area contributed by atoms with E-state index in [2.05, 4.69) is 4.99 Å². The van der Waals surface area contributed by atoms with Crippen LogP contribution in [-0.4, -0.2) is 39.0 Å². The van der Waals surface area contributed by atoms with Gasteiger partial charge in [0.15, 0.2) is 5.49 Å². The van der Waals surface area contributed by atoms with E-state index < -0.39 is 11.9 Å². The highest BCUT2D eigenvalue weighted by atomic mass is 16.5. The predicted octanol–water partition coefficient (Wildman–Crippen LogP) is 4.07. The fourth-order valence-corrected chi connectivity index (χ4v) is 4.12. The third-order valence-electron chi connectivity index (χ3n) is 5.96. The molecule has 0 aliphatic rings. The maximum absolute atomic E-state index is 13.5. The van der Waals surface area contributed by atoms with Crippen LogP contribution in [0.1, 0.15) is 59.9 Å². The Kier molecular flexibility index (Phi) is 7.81. The standard InChI is InChI=1S/C28H30N4O5/c1-5-8-15-31-24-21(27(34)32-16-9-10-18(4)23(32)29-24)17-22(28(35)37-7-3)25(31)30-26(33)19-11-13-20(14-12-19)36-6-2/h9-14,16-17H,5-8,15H2,1-4H3. The van der Waals surface area contributed by atoms with E-state index in [0.29, 0.717) is 35.8 Å². The Labute approximate surface area is 214 Å². The minimum Gasteiger partial charge on any atom is -0.494 e. The fraction of sp³-hybridized carbons (Fsp3) is 0.321. The molecule has 0 bridgehead atoms. The molecule has 1 aromatic carbocycles. The first-order chi connectivity index (χ1) is 17.9. The smallest absolute Gasteiger partial charge is 0.341 e. The molecule has 0 saturated carbocycles. The quantitative estimate of drug-likeness (QED) is 0.266. The number of carbonyl (C=O) groups is 2. The molecule has 0 fully saturated rings. The van der Waals surface area contributed by atoms with Gasteiger partial charge in [-0.3, -0.25) is 14.0 Å². The number of pyridine rings is 2. The number of carbonyl (C=O) groups excluding carboxylic acids is 2. The molecule has 9 heteroatoms. The summed E-state index contributed by atoms with van der Waals surface area (Å²) in [6.07, 6.45) is 3.21. The maximum Gasteiger partial charge on any atom is 0.341 e. The van der Waals surface area contributed by atoms with E-state index in [1.54, 1.807) is 48.0 Å². The van der Waals surface area contributed by atoms with Crippen molar-refractivity contribution in [3.63, 3.8) is 0 Å². The van der Waals surface area contributed by atoms with Crippen LogP contribution in [0.25, 0.3) is 16.7 Å². The molecule has 192 valence electrons. The first kappa shape index (κ1) is 25.8. The zero-order valence-electron chi connectivity index (χ0n) is 21.5. The van der Waals surface area contributed by atoms with Gasteiger partial charge in [0.2, 0.25) is 0 Å². The van der Waals surface area contributed by atoms with Gasteiger partial charge >= 0.3 is 5.97 Å². The lowest BCUT2D eigenvalue weighted by Gasteiger charge is -2.15. The predicted molar refractivity (Wildman–Crippen MR) is 140 cm³/mol. The Hall–Kier alpha value is -4.27. The van der Waals surface area contributed by atoms with Gasteiger partial charge in [-0.2, -0.15) is 4.99 Å². The summed E-state index contributed by atoms with van der Waals surface area (Å²) >= 11 is 0. The third-order valence-corrected chi connectivity index (χ3v) is 5.96. The molecule has 1 amide bonds. The van der Waals surface area contributed by atoms with Gasteiger partial charge in [0.1, 0.15) is 22.6 Å². The number of fused-ring (bicyclic) bond motifs is 2. The van der Waals surface area contributed by atoms with Crippen LogP contribution in [0.2, 0.25) is 0 Å². The molecule has 0 aliphatic heterocycles. The second kappa shape index (κ2) is 11.2. The number of esters is 1. The molecule has 0 unspecified atom stereocenters. The summed E-state index contributed by atoms with van der Waals surface area (Å²) in [6, 6.07) is 11.7. The summed E-state index contributed by atoms with van der Waals surface area (Å²) in [6.45, 7) is 8.52. The average molecular weight is 503 g/mol. The van der Waals surface area contributed by atoms with E-state index in [1.807, 2.05) is 26.8 Å². The normalized spacial score (nSPS) is 11.7. The van der Waals surface area contributed by atoms with Crippen molar-refractivity contribution < 1.29 is 19.1 Å². The number of amides is 1. The number of benzene rings is 1. The van der Waals surface area contributed by atoms with Crippen LogP contribution in [0.15, 0.2) is 58.4 Å². The number of rotatable bonds is 8. The molecule has 3 heterocycles. The highest BCUT2D eigenvalue weighted by Gasteiger charge is 2.20. The van der Waals surface area contributed by atoms with Crippen LogP contribution >= 0.6 is 0 Å². The van der Waals surface area contributed by atoms with E-state index in [0.717, 1.165) is 18.4 Å². The van der Waals surface area contributed by atoms with Crippen molar-refractivity contribution >= 4 is 28.6 Å². The molecule has 0 spiro atoms. The van der Waals surface area contributed by atoms with Crippen molar-refractivity contribution in [3.05, 3.63) is 81.2 Å². The topological polar surface area (TPSA) is 104 Å². The van der Waals surface area contributed by atoms with Crippen LogP contribution in [-0.2, 0) is 11.3 Å². The fourth-order valence-electron chi connectivity index (χ4n) is 4.12. The van der Waals surface area contributed by atoms with Crippen molar-refractivity contribution in [1.82, 2.24) is 14.0 Å². The Morgan fingerprint density at radius 2 is 1.78 bits per heavy atom. The number of aryl methyl sites for hydroxylation is 2. The number of unbranched alkanes of at least 4 members (excludes halogenated alkanes) is 1. The third kappa shape index (κ3) is 5.16. The Morgan fingerprint density at radius 3 is 2.46 bits per heavy atom. The molecule has 0 atom stereocenters. The van der Waals surface area contributed by atoms with Crippen molar-refractivity contribution in [1.29, 1.82) is 0 Å². The lowest BCUT2D eigenvalue weighted by molar-refractivity contribution is 0.0523. The second-order valence-corrected chi connectivity index (χ2v) is 8.52. The number of aromatic nitrogens is 3. The Bertz CT molecular complexity index is 1600. The SMILES string of the molecule is CCCCn1c(=NC(=O)c2ccc(OCC)cc2)c(C(=O)OCC)cc2c(=O)n3cccc(C)c3nc21. The zero-order chi connectivity index (χ0) is 26.5. The van der Waals surface area contributed by atoms with Crippen LogP contribution in [0, 0.1) is 6.92 Å². The molecule has 4 rings (SSSR count). The summed E-state index contributed by atoms with van der Waals surface area (Å²) in [7, 11) is 0. The van der Waals surface area contributed by atoms with Crippen molar-refractivity contribution in [2.45, 2.75) is 47.1 Å². The lowest BCUT2D eigenvalue weighted by atomic mass is 10.1. The molecule has 0 aliphatic carbocycles. The minimum atomic E-state index is -0.665. The number of hydrogen-bond donors (Lipinski definition) is 0. The first-order valence-corrected chi connectivity index (χ1v) is 12.4. The van der Waals surface area contributed by atoms with Gasteiger partial charge in [0, 0.05) is 18.3 Å². The van der Waals surface area contributed by atoms with Gasteiger partial charge in [-0.15, -0.1) is 0 Å². The van der Waals surface area contributed by atoms with Crippen molar-refractivity contribution in [2.75, 3.05) is 13.2 Å². The van der Waals surface area contributed by atoms with Crippen molar-refractivity contribution in [2.24, 2.45) is 4.99 Å². The van der Waals surface area contributed by atoms with Crippen LogP contribution in [0.5, 0.6) is 5.75 Å². The monoisotopic (exact) mass is 502 g/mol. The number of nitrogens with zero attached hydrogens (tertiary/aromatic N) is 4. The Balaban J connectivity index is 2.05. The Morgan fingerprint density at radius 1 is 1.03 bits per heavy atom. The molecule has 0 N–H and O–H groups in total. The summed E-state index contributed by atoms with van der Waals surface area (Å²) in [5.74, 6) is -0.560. The highest BCUT2D eigenvalue weighted by Crippen LogP contribution is 2.16. The maximum atomic E-state index is 13.5. The van der Waals surface area contributed by atoms with Crippen molar-refractivity contribution in [3.8, 4) is 5.75 Å². The number of hydrogen-bond acceptors (Lipinski definition) is 6. The van der Waals surface area contributed by atoms with Gasteiger partial charge in [-0.1, -0.05) is 19.4 Å². The summed E-state index contributed by atoms with van der Waals surface area (Å²) in [5.41, 5.74) is 1.85. The highest BCUT2D eigenvalue weighted by molar-refractivity contribution is 5.97. The van der Waals surface area contributed by atoms with Crippen LogP contribution < -0.4 is 15.8 Å². The van der Waals surface area contributed by atoms with E-state index in [9.17, 15) is 14.4 Å². The largest absolute Gasteiger partial charge is 0.494 e. The van der Waals surface area contributed by atoms with Gasteiger partial charge in [0.05, 0.1) is 18.6 Å². The van der Waals surface area contributed by atoms with Gasteiger partial charge < -0.3 is 14.0 Å². The summed E-state index contributed by atoms with van der Waals surface area (Å²) in [5, 5.41) is 0.245. The zero-order valence-corrected chi connectivity index (χ0v) is 21.5. The minimum absolute atomic E-state index is 0.0382. The molecular formula is C28H30N4O5. The summed E-state index contributed by atoms with van der Waals surface area (Å²) in [4.78, 5) is 49.0. The van der Waals surface area contributed by atoms with Gasteiger partial charge in [-0.25, -0.2) is 9.78 Å². The molecular weight excluding hydrogens is 472 g/mol.